The molecule has 1 fully saturated rings. The first kappa shape index (κ1) is 9.99. The number of hydrogen-bond acceptors (Lipinski definition) is 3. The molecule has 0 aliphatic carbocycles. The topological polar surface area (TPSA) is 37.4 Å². The van der Waals surface area contributed by atoms with E-state index in [-0.39, 0.29) is 10.8 Å². The third-order valence-electron chi connectivity index (χ3n) is 2.40. The van der Waals surface area contributed by atoms with Crippen LogP contribution in [0.3, 0.4) is 0 Å². The molecule has 1 rings (SSSR count). The first-order valence-corrected chi connectivity index (χ1v) is 6.10. The summed E-state index contributed by atoms with van der Waals surface area (Å²) in [6, 6.07) is 0. The lowest BCUT2D eigenvalue weighted by Crippen LogP contribution is -2.61. The average molecular weight is 191 g/mol. The molecule has 0 N–H and O–H groups in total. The van der Waals surface area contributed by atoms with Gasteiger partial charge in [-0.3, -0.25) is 4.90 Å². The predicted octanol–water partition coefficient (Wildman–Crippen LogP) is 0.514. The molecule has 72 valence electrons. The van der Waals surface area contributed by atoms with E-state index < -0.39 is 9.84 Å². The van der Waals surface area contributed by atoms with Crippen molar-refractivity contribution in [3.05, 3.63) is 0 Å². The van der Waals surface area contributed by atoms with E-state index in [0.717, 1.165) is 0 Å². The van der Waals surface area contributed by atoms with Crippen LogP contribution in [0.5, 0.6) is 0 Å². The van der Waals surface area contributed by atoms with Crippen molar-refractivity contribution in [3.8, 4) is 0 Å². The third-order valence-corrected chi connectivity index (χ3v) is 3.91. The van der Waals surface area contributed by atoms with Gasteiger partial charge in [-0.2, -0.15) is 0 Å². The van der Waals surface area contributed by atoms with E-state index in [0.29, 0.717) is 13.1 Å². The maximum atomic E-state index is 11.1. The van der Waals surface area contributed by atoms with Gasteiger partial charge in [-0.05, 0) is 20.8 Å². The fourth-order valence-corrected chi connectivity index (χ4v) is 2.16. The lowest BCUT2D eigenvalue weighted by molar-refractivity contribution is 0.0726. The molecule has 0 spiro atoms. The summed E-state index contributed by atoms with van der Waals surface area (Å²) < 4.78 is 22.1. The van der Waals surface area contributed by atoms with Crippen molar-refractivity contribution >= 4 is 9.84 Å². The van der Waals surface area contributed by atoms with Gasteiger partial charge in [-0.15, -0.1) is 0 Å². The number of nitrogens with zero attached hydrogens (tertiary/aromatic N) is 1. The molecule has 1 saturated heterocycles. The van der Waals surface area contributed by atoms with Gasteiger partial charge in [0.1, 0.15) is 0 Å². The summed E-state index contributed by atoms with van der Waals surface area (Å²) in [7, 11) is -2.80. The van der Waals surface area contributed by atoms with Crippen molar-refractivity contribution in [2.45, 2.75) is 31.6 Å². The van der Waals surface area contributed by atoms with Gasteiger partial charge >= 0.3 is 0 Å². The minimum Gasteiger partial charge on any atom is -0.296 e. The van der Waals surface area contributed by atoms with Gasteiger partial charge in [0.15, 0.2) is 9.84 Å². The molecule has 0 aromatic carbocycles. The van der Waals surface area contributed by atoms with Gasteiger partial charge in [0.05, 0.1) is 5.25 Å². The molecule has 0 unspecified atom stereocenters. The number of hydrogen-bond donors (Lipinski definition) is 0. The van der Waals surface area contributed by atoms with Crippen LogP contribution in [0.25, 0.3) is 0 Å². The van der Waals surface area contributed by atoms with Crippen LogP contribution in [0.1, 0.15) is 20.8 Å². The second-order valence-corrected chi connectivity index (χ2v) is 6.85. The molecule has 0 aromatic heterocycles. The van der Waals surface area contributed by atoms with Gasteiger partial charge in [-0.1, -0.05) is 0 Å². The van der Waals surface area contributed by atoms with Gasteiger partial charge in [0, 0.05) is 24.9 Å². The maximum absolute atomic E-state index is 11.1. The molecule has 12 heavy (non-hydrogen) atoms. The molecule has 0 atom stereocenters. The fraction of sp³-hybridized carbons (Fsp3) is 1.00. The maximum Gasteiger partial charge on any atom is 0.152 e. The van der Waals surface area contributed by atoms with Crippen LogP contribution in [0.2, 0.25) is 0 Å². The van der Waals surface area contributed by atoms with Gasteiger partial charge in [-0.25, -0.2) is 8.42 Å². The van der Waals surface area contributed by atoms with Crippen LogP contribution < -0.4 is 0 Å². The predicted molar refractivity (Wildman–Crippen MR) is 50.0 cm³/mol. The largest absolute Gasteiger partial charge is 0.296 e. The van der Waals surface area contributed by atoms with E-state index in [1.165, 1.54) is 6.26 Å². The number of sulfone groups is 1. The molecule has 0 amide bonds. The van der Waals surface area contributed by atoms with E-state index in [4.69, 9.17) is 0 Å². The summed E-state index contributed by atoms with van der Waals surface area (Å²) in [5.74, 6) is 0. The molecule has 0 bridgehead atoms. The molecule has 4 heteroatoms. The van der Waals surface area contributed by atoms with Crippen molar-refractivity contribution in [1.29, 1.82) is 0 Å². The Balaban J connectivity index is 2.50. The molecule has 1 heterocycles. The highest BCUT2D eigenvalue weighted by atomic mass is 32.2. The normalized spacial score (nSPS) is 22.3. The van der Waals surface area contributed by atoms with Crippen molar-refractivity contribution in [1.82, 2.24) is 4.90 Å². The highest BCUT2D eigenvalue weighted by Crippen LogP contribution is 2.24. The first-order valence-electron chi connectivity index (χ1n) is 4.15. The summed E-state index contributed by atoms with van der Waals surface area (Å²) in [6.07, 6.45) is 1.32. The first-order chi connectivity index (χ1) is 5.21. The van der Waals surface area contributed by atoms with E-state index in [1.807, 2.05) is 0 Å². The van der Waals surface area contributed by atoms with E-state index >= 15 is 0 Å². The SMILES string of the molecule is CC(C)(C)N1CC(S(C)(=O)=O)C1. The quantitative estimate of drug-likeness (QED) is 0.606. The van der Waals surface area contributed by atoms with E-state index in [1.54, 1.807) is 0 Å². The van der Waals surface area contributed by atoms with Gasteiger partial charge in [0.2, 0.25) is 0 Å². The summed E-state index contributed by atoms with van der Waals surface area (Å²) in [5, 5.41) is -0.128. The molecule has 0 saturated carbocycles. The smallest absolute Gasteiger partial charge is 0.152 e. The Kier molecular flexibility index (Phi) is 2.25. The van der Waals surface area contributed by atoms with Gasteiger partial charge < -0.3 is 0 Å². The van der Waals surface area contributed by atoms with Crippen molar-refractivity contribution in [2.75, 3.05) is 19.3 Å². The average Bonchev–Trinajstić information content (AvgIpc) is 1.46. The molecule has 0 aromatic rings. The summed E-state index contributed by atoms with van der Waals surface area (Å²) in [4.78, 5) is 2.18. The lowest BCUT2D eigenvalue weighted by Gasteiger charge is -2.46. The minimum absolute atomic E-state index is 0.112. The molecular weight excluding hydrogens is 174 g/mol. The summed E-state index contributed by atoms with van der Waals surface area (Å²) in [5.41, 5.74) is 0.112. The van der Waals surface area contributed by atoms with E-state index in [9.17, 15) is 8.42 Å². The Hall–Kier alpha value is -0.0900. The van der Waals surface area contributed by atoms with Crippen molar-refractivity contribution in [2.24, 2.45) is 0 Å². The Morgan fingerprint density at radius 1 is 1.25 bits per heavy atom. The zero-order valence-electron chi connectivity index (χ0n) is 8.16. The Bertz CT molecular complexity index is 257. The molecular formula is C8H17NO2S. The molecule has 3 nitrogen and oxygen atoms in total. The highest BCUT2D eigenvalue weighted by molar-refractivity contribution is 7.91. The third kappa shape index (κ3) is 1.98. The Labute approximate surface area is 74.7 Å². The minimum atomic E-state index is -2.80. The second-order valence-electron chi connectivity index (χ2n) is 4.53. The second kappa shape index (κ2) is 2.70. The Morgan fingerprint density at radius 2 is 1.67 bits per heavy atom. The van der Waals surface area contributed by atoms with E-state index in [2.05, 4.69) is 25.7 Å². The van der Waals surface area contributed by atoms with Crippen LogP contribution in [0.15, 0.2) is 0 Å². The summed E-state index contributed by atoms with van der Waals surface area (Å²) >= 11 is 0. The zero-order chi connectivity index (χ0) is 9.57. The van der Waals surface area contributed by atoms with Gasteiger partial charge in [0.25, 0.3) is 0 Å². The monoisotopic (exact) mass is 191 g/mol. The van der Waals surface area contributed by atoms with Crippen LogP contribution in [0, 0.1) is 0 Å². The molecule has 0 radical (unpaired) electrons. The molecule has 1 aliphatic heterocycles. The van der Waals surface area contributed by atoms with Crippen LogP contribution >= 0.6 is 0 Å². The van der Waals surface area contributed by atoms with Crippen LogP contribution in [0.4, 0.5) is 0 Å². The zero-order valence-corrected chi connectivity index (χ0v) is 8.98. The highest BCUT2D eigenvalue weighted by Gasteiger charge is 2.39. The van der Waals surface area contributed by atoms with Crippen molar-refractivity contribution in [3.63, 3.8) is 0 Å². The number of rotatable bonds is 1. The van der Waals surface area contributed by atoms with Crippen LogP contribution in [-0.2, 0) is 9.84 Å². The van der Waals surface area contributed by atoms with Crippen molar-refractivity contribution < 1.29 is 8.42 Å². The standard InChI is InChI=1S/C8H17NO2S/c1-8(2,3)9-5-7(6-9)12(4,10)11/h7H,5-6H2,1-4H3. The summed E-state index contributed by atoms with van der Waals surface area (Å²) in [6.45, 7) is 7.70. The fourth-order valence-electron chi connectivity index (χ4n) is 1.26. The Morgan fingerprint density at radius 3 is 1.92 bits per heavy atom. The number of likely N-dealkylation sites (tertiary alicyclic amines) is 1. The molecule has 1 aliphatic rings. The van der Waals surface area contributed by atoms with Crippen LogP contribution in [-0.4, -0.2) is 43.5 Å². The lowest BCUT2D eigenvalue weighted by atomic mass is 10.0.